The molecule has 1 aromatic carbocycles. The van der Waals surface area contributed by atoms with Crippen LogP contribution in [0.5, 0.6) is 0 Å². The molecule has 3 heteroatoms. The second-order valence-electron chi connectivity index (χ2n) is 4.33. The maximum Gasteiger partial charge on any atom is 0.0240 e. The average Bonchev–Trinajstić information content (AvgIpc) is 2.29. The summed E-state index contributed by atoms with van der Waals surface area (Å²) in [4.78, 5) is 0. The van der Waals surface area contributed by atoms with E-state index in [2.05, 4.69) is 59.4 Å². The lowest BCUT2D eigenvalue weighted by molar-refractivity contribution is 0.331. The van der Waals surface area contributed by atoms with Crippen LogP contribution in [0.15, 0.2) is 28.7 Å². The minimum absolute atomic E-state index is 0.148. The minimum Gasteiger partial charge on any atom is -0.307 e. The zero-order valence-electron chi connectivity index (χ0n) is 9.89. The molecule has 0 aliphatic carbocycles. The van der Waals surface area contributed by atoms with Crippen LogP contribution in [0.2, 0.25) is 0 Å². The highest BCUT2D eigenvalue weighted by Gasteiger charge is 2.19. The molecular weight excluding hydrogens is 286 g/mol. The van der Waals surface area contributed by atoms with Crippen molar-refractivity contribution < 1.29 is 0 Å². The van der Waals surface area contributed by atoms with E-state index < -0.39 is 0 Å². The highest BCUT2D eigenvalue weighted by Crippen LogP contribution is 2.17. The SMILES string of the molecule is CCC(C)(CCCl)NCc1ccc(Br)cc1. The first-order chi connectivity index (χ1) is 7.59. The van der Waals surface area contributed by atoms with Crippen LogP contribution in [0.1, 0.15) is 32.3 Å². The van der Waals surface area contributed by atoms with Crippen LogP contribution >= 0.6 is 27.5 Å². The van der Waals surface area contributed by atoms with Gasteiger partial charge in [0.25, 0.3) is 0 Å². The third kappa shape index (κ3) is 4.44. The van der Waals surface area contributed by atoms with Gasteiger partial charge in [-0.05, 0) is 37.5 Å². The van der Waals surface area contributed by atoms with Crippen molar-refractivity contribution in [1.82, 2.24) is 5.32 Å². The van der Waals surface area contributed by atoms with Gasteiger partial charge in [-0.3, -0.25) is 0 Å². The summed E-state index contributed by atoms with van der Waals surface area (Å²) in [5.41, 5.74) is 1.45. The number of nitrogens with one attached hydrogen (secondary N) is 1. The highest BCUT2D eigenvalue weighted by atomic mass is 79.9. The van der Waals surface area contributed by atoms with Gasteiger partial charge < -0.3 is 5.32 Å². The summed E-state index contributed by atoms with van der Waals surface area (Å²) in [5, 5.41) is 3.58. The lowest BCUT2D eigenvalue weighted by Crippen LogP contribution is -2.41. The summed E-state index contributed by atoms with van der Waals surface area (Å²) in [6.07, 6.45) is 2.10. The standard InChI is InChI=1S/C13H19BrClN/c1-3-13(2,8-9-15)16-10-11-4-6-12(14)7-5-11/h4-7,16H,3,8-10H2,1-2H3. The predicted octanol–water partition coefficient (Wildman–Crippen LogP) is 4.34. The monoisotopic (exact) mass is 303 g/mol. The summed E-state index contributed by atoms with van der Waals surface area (Å²) in [6, 6.07) is 8.41. The topological polar surface area (TPSA) is 12.0 Å². The van der Waals surface area contributed by atoms with Crippen LogP contribution in [0.25, 0.3) is 0 Å². The normalized spacial score (nSPS) is 14.8. The summed E-state index contributed by atoms with van der Waals surface area (Å²) < 4.78 is 1.12. The van der Waals surface area contributed by atoms with E-state index in [4.69, 9.17) is 11.6 Å². The second-order valence-corrected chi connectivity index (χ2v) is 5.63. The van der Waals surface area contributed by atoms with Gasteiger partial charge >= 0.3 is 0 Å². The van der Waals surface area contributed by atoms with Crippen molar-refractivity contribution in [3.8, 4) is 0 Å². The van der Waals surface area contributed by atoms with Gasteiger partial charge in [-0.25, -0.2) is 0 Å². The molecule has 0 fully saturated rings. The largest absolute Gasteiger partial charge is 0.307 e. The fraction of sp³-hybridized carbons (Fsp3) is 0.538. The van der Waals surface area contributed by atoms with Gasteiger partial charge in [0.2, 0.25) is 0 Å². The van der Waals surface area contributed by atoms with Crippen molar-refractivity contribution in [3.05, 3.63) is 34.3 Å². The Labute approximate surface area is 112 Å². The van der Waals surface area contributed by atoms with Crippen LogP contribution in [0.3, 0.4) is 0 Å². The molecule has 0 heterocycles. The molecule has 0 saturated carbocycles. The molecule has 1 N–H and O–H groups in total. The van der Waals surface area contributed by atoms with Gasteiger partial charge in [0.05, 0.1) is 0 Å². The number of hydrogen-bond acceptors (Lipinski definition) is 1. The van der Waals surface area contributed by atoms with Gasteiger partial charge in [0.1, 0.15) is 0 Å². The quantitative estimate of drug-likeness (QED) is 0.771. The Kier molecular flexibility index (Phi) is 5.81. The summed E-state index contributed by atoms with van der Waals surface area (Å²) >= 11 is 9.26. The van der Waals surface area contributed by atoms with Crippen LogP contribution < -0.4 is 5.32 Å². The van der Waals surface area contributed by atoms with E-state index in [-0.39, 0.29) is 5.54 Å². The van der Waals surface area contributed by atoms with E-state index in [1.54, 1.807) is 0 Å². The van der Waals surface area contributed by atoms with Crippen molar-refractivity contribution in [2.75, 3.05) is 5.88 Å². The Morgan fingerprint density at radius 3 is 2.44 bits per heavy atom. The number of benzene rings is 1. The first-order valence-electron chi connectivity index (χ1n) is 5.65. The molecular formula is C13H19BrClN. The maximum absolute atomic E-state index is 5.82. The van der Waals surface area contributed by atoms with Crippen LogP contribution in [0.4, 0.5) is 0 Å². The zero-order chi connectivity index (χ0) is 12.0. The van der Waals surface area contributed by atoms with Crippen LogP contribution in [-0.2, 0) is 6.54 Å². The molecule has 0 amide bonds. The van der Waals surface area contributed by atoms with Gasteiger partial charge in [-0.15, -0.1) is 11.6 Å². The first-order valence-corrected chi connectivity index (χ1v) is 6.98. The molecule has 0 bridgehead atoms. The minimum atomic E-state index is 0.148. The summed E-state index contributed by atoms with van der Waals surface area (Å²) in [7, 11) is 0. The molecule has 0 aromatic heterocycles. The van der Waals surface area contributed by atoms with E-state index in [1.165, 1.54) is 5.56 Å². The lowest BCUT2D eigenvalue weighted by atomic mass is 9.95. The van der Waals surface area contributed by atoms with Crippen LogP contribution in [-0.4, -0.2) is 11.4 Å². The Morgan fingerprint density at radius 1 is 1.31 bits per heavy atom. The van der Waals surface area contributed by atoms with Gasteiger partial charge in [-0.2, -0.15) is 0 Å². The Bertz CT molecular complexity index is 312. The summed E-state index contributed by atoms with van der Waals surface area (Å²) in [6.45, 7) is 5.32. The fourth-order valence-corrected chi connectivity index (χ4v) is 2.20. The Hall–Kier alpha value is -0.0500. The van der Waals surface area contributed by atoms with Crippen molar-refractivity contribution >= 4 is 27.5 Å². The summed E-state index contributed by atoms with van der Waals surface area (Å²) in [5.74, 6) is 0.706. The number of halogens is 2. The molecule has 1 atom stereocenters. The molecule has 90 valence electrons. The number of hydrogen-bond donors (Lipinski definition) is 1. The molecule has 1 aromatic rings. The Morgan fingerprint density at radius 2 is 1.94 bits per heavy atom. The highest BCUT2D eigenvalue weighted by molar-refractivity contribution is 9.10. The van der Waals surface area contributed by atoms with E-state index in [0.717, 1.165) is 23.9 Å². The molecule has 1 nitrogen and oxygen atoms in total. The average molecular weight is 305 g/mol. The molecule has 0 saturated heterocycles. The van der Waals surface area contributed by atoms with Gasteiger partial charge in [0.15, 0.2) is 0 Å². The zero-order valence-corrected chi connectivity index (χ0v) is 12.2. The van der Waals surface area contributed by atoms with E-state index in [1.807, 2.05) is 0 Å². The van der Waals surface area contributed by atoms with E-state index >= 15 is 0 Å². The second kappa shape index (κ2) is 6.63. The Balaban J connectivity index is 2.52. The van der Waals surface area contributed by atoms with E-state index in [9.17, 15) is 0 Å². The first kappa shape index (κ1) is 14.0. The molecule has 0 aliphatic rings. The molecule has 1 rings (SSSR count). The third-order valence-electron chi connectivity index (χ3n) is 3.06. The van der Waals surface area contributed by atoms with E-state index in [0.29, 0.717) is 5.88 Å². The van der Waals surface area contributed by atoms with Crippen molar-refractivity contribution in [1.29, 1.82) is 0 Å². The smallest absolute Gasteiger partial charge is 0.0240 e. The number of alkyl halides is 1. The lowest BCUT2D eigenvalue weighted by Gasteiger charge is -2.29. The molecule has 0 aliphatic heterocycles. The van der Waals surface area contributed by atoms with Crippen molar-refractivity contribution in [3.63, 3.8) is 0 Å². The van der Waals surface area contributed by atoms with Crippen LogP contribution in [0, 0.1) is 0 Å². The van der Waals surface area contributed by atoms with Crippen molar-refractivity contribution in [2.24, 2.45) is 0 Å². The third-order valence-corrected chi connectivity index (χ3v) is 3.78. The van der Waals surface area contributed by atoms with Gasteiger partial charge in [-0.1, -0.05) is 35.0 Å². The molecule has 0 radical (unpaired) electrons. The maximum atomic E-state index is 5.82. The number of rotatable bonds is 6. The van der Waals surface area contributed by atoms with Gasteiger partial charge in [0, 0.05) is 22.4 Å². The van der Waals surface area contributed by atoms with Crippen molar-refractivity contribution in [2.45, 2.75) is 38.8 Å². The molecule has 16 heavy (non-hydrogen) atoms. The molecule has 1 unspecified atom stereocenters. The molecule has 0 spiro atoms. The fourth-order valence-electron chi connectivity index (χ4n) is 1.52. The predicted molar refractivity (Wildman–Crippen MR) is 75.0 cm³/mol.